The molecule has 0 amide bonds. The van der Waals surface area contributed by atoms with Crippen LogP contribution in [0.25, 0.3) is 0 Å². The van der Waals surface area contributed by atoms with Gasteiger partial charge in [-0.25, -0.2) is 8.42 Å². The predicted molar refractivity (Wildman–Crippen MR) is 75.7 cm³/mol. The van der Waals surface area contributed by atoms with Gasteiger partial charge in [-0.2, -0.15) is 0 Å². The number of fused-ring (bicyclic) bond motifs is 1. The SMILES string of the molecule is O=S1(=O)CCCCC1C(Cl)c1ccc2c(c1)CCO2. The summed E-state index contributed by atoms with van der Waals surface area (Å²) in [6.07, 6.45) is 3.26. The van der Waals surface area contributed by atoms with Gasteiger partial charge < -0.3 is 4.74 Å². The van der Waals surface area contributed by atoms with Crippen molar-refractivity contribution >= 4 is 21.4 Å². The maximum absolute atomic E-state index is 12.1. The molecule has 0 N–H and O–H groups in total. The second-order valence-electron chi connectivity index (χ2n) is 5.27. The van der Waals surface area contributed by atoms with Gasteiger partial charge in [-0.05, 0) is 30.0 Å². The molecule has 2 unspecified atom stereocenters. The van der Waals surface area contributed by atoms with Crippen molar-refractivity contribution in [3.63, 3.8) is 0 Å². The van der Waals surface area contributed by atoms with Gasteiger partial charge in [0, 0.05) is 6.42 Å². The summed E-state index contributed by atoms with van der Waals surface area (Å²) in [6, 6.07) is 5.80. The quantitative estimate of drug-likeness (QED) is 0.789. The highest BCUT2D eigenvalue weighted by molar-refractivity contribution is 7.92. The van der Waals surface area contributed by atoms with E-state index in [0.29, 0.717) is 13.0 Å². The summed E-state index contributed by atoms with van der Waals surface area (Å²) in [5, 5.41) is -0.889. The van der Waals surface area contributed by atoms with Gasteiger partial charge in [0.25, 0.3) is 0 Å². The van der Waals surface area contributed by atoms with Crippen molar-refractivity contribution in [3.8, 4) is 5.75 Å². The van der Waals surface area contributed by atoms with Gasteiger partial charge in [-0.1, -0.05) is 18.6 Å². The third kappa shape index (κ3) is 2.48. The molecule has 2 aliphatic heterocycles. The molecule has 2 heterocycles. The van der Waals surface area contributed by atoms with E-state index in [2.05, 4.69) is 0 Å². The van der Waals surface area contributed by atoms with Gasteiger partial charge in [-0.15, -0.1) is 11.6 Å². The van der Waals surface area contributed by atoms with Crippen molar-refractivity contribution in [1.82, 2.24) is 0 Å². The van der Waals surface area contributed by atoms with E-state index < -0.39 is 20.5 Å². The molecule has 104 valence electrons. The number of ether oxygens (including phenoxy) is 1. The molecule has 5 heteroatoms. The summed E-state index contributed by atoms with van der Waals surface area (Å²) >= 11 is 6.45. The Hall–Kier alpha value is -0.740. The van der Waals surface area contributed by atoms with E-state index in [1.807, 2.05) is 18.2 Å². The summed E-state index contributed by atoms with van der Waals surface area (Å²) in [7, 11) is -3.05. The fourth-order valence-electron chi connectivity index (χ4n) is 2.90. The molecule has 19 heavy (non-hydrogen) atoms. The van der Waals surface area contributed by atoms with E-state index in [4.69, 9.17) is 16.3 Å². The van der Waals surface area contributed by atoms with Crippen molar-refractivity contribution in [1.29, 1.82) is 0 Å². The molecule has 2 aliphatic rings. The Kier molecular flexibility index (Phi) is 3.48. The van der Waals surface area contributed by atoms with Crippen LogP contribution in [0.5, 0.6) is 5.75 Å². The summed E-state index contributed by atoms with van der Waals surface area (Å²) < 4.78 is 29.7. The summed E-state index contributed by atoms with van der Waals surface area (Å²) in [6.45, 7) is 0.702. The molecule has 1 saturated heterocycles. The molecular formula is C14H17ClO3S. The lowest BCUT2D eigenvalue weighted by Gasteiger charge is -2.26. The molecular weight excluding hydrogens is 284 g/mol. The molecule has 3 rings (SSSR count). The van der Waals surface area contributed by atoms with Crippen LogP contribution in [0.1, 0.15) is 35.8 Å². The lowest BCUT2D eigenvalue weighted by atomic mass is 10.0. The number of hydrogen-bond donors (Lipinski definition) is 0. The molecule has 3 nitrogen and oxygen atoms in total. The third-order valence-electron chi connectivity index (χ3n) is 3.99. The maximum atomic E-state index is 12.1. The lowest BCUT2D eigenvalue weighted by Crippen LogP contribution is -2.31. The average molecular weight is 301 g/mol. The number of alkyl halides is 1. The number of benzene rings is 1. The highest BCUT2D eigenvalue weighted by atomic mass is 35.5. The average Bonchev–Trinajstić information content (AvgIpc) is 2.84. The van der Waals surface area contributed by atoms with Crippen molar-refractivity contribution in [3.05, 3.63) is 29.3 Å². The van der Waals surface area contributed by atoms with Crippen molar-refractivity contribution in [2.45, 2.75) is 36.3 Å². The molecule has 0 bridgehead atoms. The Morgan fingerprint density at radius 2 is 2.16 bits per heavy atom. The fourth-order valence-corrected chi connectivity index (χ4v) is 5.59. The molecule has 0 aliphatic carbocycles. The standard InChI is InChI=1S/C14H17ClO3S/c15-14(13-3-1-2-8-19(13,16)17)11-4-5-12-10(9-11)6-7-18-12/h4-5,9,13-14H,1-3,6-8H2. The van der Waals surface area contributed by atoms with Crippen LogP contribution in [0.3, 0.4) is 0 Å². The van der Waals surface area contributed by atoms with Gasteiger partial charge in [0.15, 0.2) is 9.84 Å². The largest absolute Gasteiger partial charge is 0.493 e. The topological polar surface area (TPSA) is 43.4 Å². The molecule has 0 radical (unpaired) electrons. The number of rotatable bonds is 2. The zero-order valence-electron chi connectivity index (χ0n) is 10.6. The zero-order valence-corrected chi connectivity index (χ0v) is 12.2. The van der Waals surface area contributed by atoms with Gasteiger partial charge in [0.05, 0.1) is 23.0 Å². The van der Waals surface area contributed by atoms with Crippen LogP contribution in [0.15, 0.2) is 18.2 Å². The minimum atomic E-state index is -3.05. The predicted octanol–water partition coefficient (Wildman–Crippen LogP) is 2.87. The lowest BCUT2D eigenvalue weighted by molar-refractivity contribution is 0.357. The molecule has 1 aromatic carbocycles. The Balaban J connectivity index is 1.89. The van der Waals surface area contributed by atoms with E-state index in [1.54, 1.807) is 0 Å². The zero-order chi connectivity index (χ0) is 13.5. The van der Waals surface area contributed by atoms with Crippen LogP contribution in [-0.2, 0) is 16.3 Å². The van der Waals surface area contributed by atoms with Crippen LogP contribution >= 0.6 is 11.6 Å². The van der Waals surface area contributed by atoms with Crippen LogP contribution in [0.2, 0.25) is 0 Å². The third-order valence-corrected chi connectivity index (χ3v) is 6.98. The maximum Gasteiger partial charge on any atom is 0.154 e. The van der Waals surface area contributed by atoms with Crippen molar-refractivity contribution in [2.75, 3.05) is 12.4 Å². The molecule has 1 fully saturated rings. The van der Waals surface area contributed by atoms with E-state index in [0.717, 1.165) is 36.1 Å². The monoisotopic (exact) mass is 300 g/mol. The van der Waals surface area contributed by atoms with Crippen LogP contribution in [-0.4, -0.2) is 26.0 Å². The minimum Gasteiger partial charge on any atom is -0.493 e. The minimum absolute atomic E-state index is 0.273. The molecule has 2 atom stereocenters. The van der Waals surface area contributed by atoms with E-state index in [9.17, 15) is 8.42 Å². The second-order valence-corrected chi connectivity index (χ2v) is 8.08. The summed E-state index contributed by atoms with van der Waals surface area (Å²) in [5.41, 5.74) is 2.04. The van der Waals surface area contributed by atoms with Crippen LogP contribution < -0.4 is 4.74 Å². The highest BCUT2D eigenvalue weighted by Crippen LogP contribution is 2.37. The molecule has 1 aromatic rings. The number of sulfone groups is 1. The first-order valence-electron chi connectivity index (χ1n) is 6.69. The first-order chi connectivity index (χ1) is 9.08. The molecule has 0 spiro atoms. The Labute approximate surface area is 118 Å². The van der Waals surface area contributed by atoms with Gasteiger partial charge in [0.2, 0.25) is 0 Å². The fraction of sp³-hybridized carbons (Fsp3) is 0.571. The van der Waals surface area contributed by atoms with Gasteiger partial charge >= 0.3 is 0 Å². The van der Waals surface area contributed by atoms with E-state index in [-0.39, 0.29) is 5.75 Å². The van der Waals surface area contributed by atoms with E-state index in [1.165, 1.54) is 0 Å². The van der Waals surface area contributed by atoms with Gasteiger partial charge in [-0.3, -0.25) is 0 Å². The summed E-state index contributed by atoms with van der Waals surface area (Å²) in [5.74, 6) is 1.17. The van der Waals surface area contributed by atoms with Crippen LogP contribution in [0, 0.1) is 0 Å². The smallest absolute Gasteiger partial charge is 0.154 e. The Morgan fingerprint density at radius 3 is 2.95 bits per heavy atom. The van der Waals surface area contributed by atoms with Gasteiger partial charge in [0.1, 0.15) is 5.75 Å². The summed E-state index contributed by atoms with van der Waals surface area (Å²) in [4.78, 5) is 0. The normalized spacial score (nSPS) is 26.5. The first-order valence-corrected chi connectivity index (χ1v) is 8.84. The van der Waals surface area contributed by atoms with Crippen LogP contribution in [0.4, 0.5) is 0 Å². The molecule has 0 aromatic heterocycles. The van der Waals surface area contributed by atoms with Crippen molar-refractivity contribution < 1.29 is 13.2 Å². The van der Waals surface area contributed by atoms with Crippen molar-refractivity contribution in [2.24, 2.45) is 0 Å². The highest BCUT2D eigenvalue weighted by Gasteiger charge is 2.35. The first kappa shape index (κ1) is 13.3. The Morgan fingerprint density at radius 1 is 1.32 bits per heavy atom. The second kappa shape index (κ2) is 4.98. The number of halogens is 1. The Bertz CT molecular complexity index is 582. The number of hydrogen-bond acceptors (Lipinski definition) is 3. The van der Waals surface area contributed by atoms with E-state index >= 15 is 0 Å². The molecule has 0 saturated carbocycles.